The molecule has 0 bridgehead atoms. The summed E-state index contributed by atoms with van der Waals surface area (Å²) in [6.07, 6.45) is 4.75. The van der Waals surface area contributed by atoms with Gasteiger partial charge in [0.25, 0.3) is 0 Å². The van der Waals surface area contributed by atoms with Gasteiger partial charge >= 0.3 is 0 Å². The Bertz CT molecular complexity index is 461. The molecule has 0 aliphatic heterocycles. The zero-order chi connectivity index (χ0) is 10.8. The molecule has 0 amide bonds. The van der Waals surface area contributed by atoms with E-state index in [4.69, 9.17) is 5.73 Å². The molecule has 80 valence electrons. The zero-order valence-corrected chi connectivity index (χ0v) is 9.14. The van der Waals surface area contributed by atoms with Crippen molar-refractivity contribution in [1.29, 1.82) is 0 Å². The highest BCUT2D eigenvalue weighted by Gasteiger charge is 2.06. The molecule has 0 saturated carbocycles. The number of aryl methyl sites for hydroxylation is 1. The van der Waals surface area contributed by atoms with Crippen LogP contribution in [0.4, 0.5) is 0 Å². The molecular weight excluding hydrogens is 188 g/mol. The van der Waals surface area contributed by atoms with Gasteiger partial charge in [-0.25, -0.2) is 9.50 Å². The van der Waals surface area contributed by atoms with Crippen LogP contribution in [0.2, 0.25) is 0 Å². The molecule has 0 spiro atoms. The van der Waals surface area contributed by atoms with E-state index in [-0.39, 0.29) is 0 Å². The van der Waals surface area contributed by atoms with Crippen molar-refractivity contribution in [2.45, 2.75) is 20.3 Å². The molecule has 0 fully saturated rings. The molecule has 1 unspecified atom stereocenters. The Morgan fingerprint density at radius 1 is 1.53 bits per heavy atom. The average Bonchev–Trinajstić information content (AvgIpc) is 2.59. The molecule has 0 saturated heterocycles. The SMILES string of the molecule is Cc1cnc2cc(CC(C)CN)nn2c1. The zero-order valence-electron chi connectivity index (χ0n) is 9.14. The Labute approximate surface area is 89.1 Å². The van der Waals surface area contributed by atoms with E-state index in [1.807, 2.05) is 29.9 Å². The maximum atomic E-state index is 5.59. The van der Waals surface area contributed by atoms with Gasteiger partial charge in [0, 0.05) is 18.5 Å². The fourth-order valence-corrected chi connectivity index (χ4v) is 1.56. The molecule has 2 rings (SSSR count). The maximum absolute atomic E-state index is 5.59. The minimum Gasteiger partial charge on any atom is -0.330 e. The third-order valence-electron chi connectivity index (χ3n) is 2.45. The first-order chi connectivity index (χ1) is 7.19. The topological polar surface area (TPSA) is 56.2 Å². The third kappa shape index (κ3) is 2.15. The number of aromatic nitrogens is 3. The number of hydrogen-bond acceptors (Lipinski definition) is 3. The molecule has 4 heteroatoms. The number of nitrogens with zero attached hydrogens (tertiary/aromatic N) is 3. The van der Waals surface area contributed by atoms with Crippen LogP contribution in [0, 0.1) is 12.8 Å². The minimum atomic E-state index is 0.469. The van der Waals surface area contributed by atoms with Crippen molar-refractivity contribution in [3.05, 3.63) is 29.7 Å². The molecule has 0 radical (unpaired) electrons. The van der Waals surface area contributed by atoms with Crippen LogP contribution in [0.25, 0.3) is 5.65 Å². The minimum absolute atomic E-state index is 0.469. The molecule has 2 N–H and O–H groups in total. The van der Waals surface area contributed by atoms with Crippen LogP contribution in [0.1, 0.15) is 18.2 Å². The second-order valence-electron chi connectivity index (χ2n) is 4.11. The summed E-state index contributed by atoms with van der Waals surface area (Å²) < 4.78 is 1.83. The predicted molar refractivity (Wildman–Crippen MR) is 59.6 cm³/mol. The van der Waals surface area contributed by atoms with Crippen molar-refractivity contribution in [1.82, 2.24) is 14.6 Å². The van der Waals surface area contributed by atoms with E-state index in [1.165, 1.54) is 0 Å². The summed E-state index contributed by atoms with van der Waals surface area (Å²) >= 11 is 0. The lowest BCUT2D eigenvalue weighted by Crippen LogP contribution is -2.13. The second-order valence-corrected chi connectivity index (χ2v) is 4.11. The molecular formula is C11H16N4. The summed E-state index contributed by atoms with van der Waals surface area (Å²) in [5.41, 5.74) is 8.67. The highest BCUT2D eigenvalue weighted by molar-refractivity contribution is 5.39. The average molecular weight is 204 g/mol. The van der Waals surface area contributed by atoms with Crippen molar-refractivity contribution in [2.24, 2.45) is 11.7 Å². The van der Waals surface area contributed by atoms with Gasteiger partial charge in [0.2, 0.25) is 0 Å². The van der Waals surface area contributed by atoms with Gasteiger partial charge in [-0.3, -0.25) is 0 Å². The summed E-state index contributed by atoms with van der Waals surface area (Å²) in [5, 5.41) is 4.46. The lowest BCUT2D eigenvalue weighted by molar-refractivity contribution is 0.581. The second kappa shape index (κ2) is 3.98. The first kappa shape index (κ1) is 10.1. The Morgan fingerprint density at radius 2 is 2.33 bits per heavy atom. The number of hydrogen-bond donors (Lipinski definition) is 1. The summed E-state index contributed by atoms with van der Waals surface area (Å²) in [6.45, 7) is 4.83. The van der Waals surface area contributed by atoms with E-state index in [9.17, 15) is 0 Å². The predicted octanol–water partition coefficient (Wildman–Crippen LogP) is 1.18. The van der Waals surface area contributed by atoms with Gasteiger partial charge in [0.05, 0.1) is 5.69 Å². The van der Waals surface area contributed by atoms with Crippen molar-refractivity contribution in [3.63, 3.8) is 0 Å². The summed E-state index contributed by atoms with van der Waals surface area (Å²) in [6, 6.07) is 2.02. The normalized spacial score (nSPS) is 13.3. The molecule has 0 aliphatic carbocycles. The fourth-order valence-electron chi connectivity index (χ4n) is 1.56. The molecule has 2 aromatic heterocycles. The molecule has 1 atom stereocenters. The van der Waals surface area contributed by atoms with Gasteiger partial charge < -0.3 is 5.73 Å². The smallest absolute Gasteiger partial charge is 0.155 e. The van der Waals surface area contributed by atoms with E-state index in [0.717, 1.165) is 23.3 Å². The third-order valence-corrected chi connectivity index (χ3v) is 2.45. The Kier molecular flexibility index (Phi) is 2.68. The van der Waals surface area contributed by atoms with Crippen LogP contribution in [0.3, 0.4) is 0 Å². The summed E-state index contributed by atoms with van der Waals surface area (Å²) in [4.78, 5) is 4.30. The monoisotopic (exact) mass is 204 g/mol. The van der Waals surface area contributed by atoms with Crippen LogP contribution in [0.15, 0.2) is 18.5 Å². The molecule has 0 aromatic carbocycles. The van der Waals surface area contributed by atoms with Crippen molar-refractivity contribution >= 4 is 5.65 Å². The Hall–Kier alpha value is -1.42. The van der Waals surface area contributed by atoms with E-state index in [0.29, 0.717) is 12.5 Å². The van der Waals surface area contributed by atoms with Crippen LogP contribution in [-0.4, -0.2) is 21.1 Å². The molecule has 0 aliphatic rings. The quantitative estimate of drug-likeness (QED) is 0.816. The van der Waals surface area contributed by atoms with Crippen LogP contribution in [-0.2, 0) is 6.42 Å². The molecule has 2 aromatic rings. The van der Waals surface area contributed by atoms with E-state index < -0.39 is 0 Å². The first-order valence-electron chi connectivity index (χ1n) is 5.20. The van der Waals surface area contributed by atoms with Crippen LogP contribution in [0.5, 0.6) is 0 Å². The number of rotatable bonds is 3. The van der Waals surface area contributed by atoms with E-state index in [2.05, 4.69) is 17.0 Å². The van der Waals surface area contributed by atoms with Crippen molar-refractivity contribution < 1.29 is 0 Å². The molecule has 2 heterocycles. The van der Waals surface area contributed by atoms with E-state index in [1.54, 1.807) is 0 Å². The van der Waals surface area contributed by atoms with Gasteiger partial charge in [0.15, 0.2) is 5.65 Å². The lowest BCUT2D eigenvalue weighted by atomic mass is 10.1. The molecule has 15 heavy (non-hydrogen) atoms. The van der Waals surface area contributed by atoms with Crippen LogP contribution < -0.4 is 5.73 Å². The summed E-state index contributed by atoms with van der Waals surface area (Å²) in [5.74, 6) is 0.469. The number of fused-ring (bicyclic) bond motifs is 1. The standard InChI is InChI=1S/C11H16N4/c1-8(5-12)3-10-4-11-13-6-9(2)7-15(11)14-10/h4,6-8H,3,5,12H2,1-2H3. The summed E-state index contributed by atoms with van der Waals surface area (Å²) in [7, 11) is 0. The Balaban J connectivity index is 2.30. The van der Waals surface area contributed by atoms with Crippen molar-refractivity contribution in [3.8, 4) is 0 Å². The van der Waals surface area contributed by atoms with Gasteiger partial charge in [-0.05, 0) is 31.4 Å². The van der Waals surface area contributed by atoms with Gasteiger partial charge in [-0.2, -0.15) is 5.10 Å². The first-order valence-corrected chi connectivity index (χ1v) is 5.20. The fraction of sp³-hybridized carbons (Fsp3) is 0.455. The van der Waals surface area contributed by atoms with Crippen LogP contribution >= 0.6 is 0 Å². The van der Waals surface area contributed by atoms with Gasteiger partial charge in [-0.15, -0.1) is 0 Å². The highest BCUT2D eigenvalue weighted by Crippen LogP contribution is 2.09. The molecule has 4 nitrogen and oxygen atoms in total. The number of nitrogens with two attached hydrogens (primary N) is 1. The van der Waals surface area contributed by atoms with E-state index >= 15 is 0 Å². The highest BCUT2D eigenvalue weighted by atomic mass is 15.2. The van der Waals surface area contributed by atoms with Crippen molar-refractivity contribution in [2.75, 3.05) is 6.54 Å². The lowest BCUT2D eigenvalue weighted by Gasteiger charge is -2.03. The Morgan fingerprint density at radius 3 is 3.07 bits per heavy atom. The van der Waals surface area contributed by atoms with Gasteiger partial charge in [-0.1, -0.05) is 6.92 Å². The van der Waals surface area contributed by atoms with Gasteiger partial charge in [0.1, 0.15) is 0 Å². The largest absolute Gasteiger partial charge is 0.330 e. The maximum Gasteiger partial charge on any atom is 0.155 e.